The zero-order valence-corrected chi connectivity index (χ0v) is 14.5. The third-order valence-corrected chi connectivity index (χ3v) is 3.46. The molecular formula is C19H22N4O3. The Hall–Kier alpha value is -3.35. The molecule has 0 bridgehead atoms. The number of rotatable bonds is 7. The monoisotopic (exact) mass is 354 g/mol. The average Bonchev–Trinajstić information content (AvgIpc) is 2.64. The van der Waals surface area contributed by atoms with Crippen molar-refractivity contribution in [1.82, 2.24) is 16.0 Å². The van der Waals surface area contributed by atoms with Crippen LogP contribution in [0.15, 0.2) is 54.6 Å². The standard InChI is InChI=1S/C19H22N4O3/c1-14(24)23-17-9-7-16(8-10-17)18(25)20-11-12-21-19(26)22-13-15-5-3-2-4-6-15/h2-10H,11-13H2,1H3,(H,20,25)(H,23,24)(H2,21,22,26). The second-order valence-electron chi connectivity index (χ2n) is 5.61. The molecule has 0 saturated heterocycles. The van der Waals surface area contributed by atoms with E-state index in [-0.39, 0.29) is 17.8 Å². The molecule has 0 aliphatic rings. The van der Waals surface area contributed by atoms with E-state index in [1.165, 1.54) is 6.92 Å². The van der Waals surface area contributed by atoms with Gasteiger partial charge < -0.3 is 21.3 Å². The van der Waals surface area contributed by atoms with Crippen LogP contribution in [0.4, 0.5) is 10.5 Å². The first-order chi connectivity index (χ1) is 12.5. The zero-order chi connectivity index (χ0) is 18.8. The molecule has 0 heterocycles. The first-order valence-corrected chi connectivity index (χ1v) is 8.26. The molecule has 0 aliphatic carbocycles. The minimum Gasteiger partial charge on any atom is -0.350 e. The summed E-state index contributed by atoms with van der Waals surface area (Å²) >= 11 is 0. The number of carbonyl (C=O) groups is 3. The Balaban J connectivity index is 1.65. The minimum atomic E-state index is -0.289. The van der Waals surface area contributed by atoms with Gasteiger partial charge in [0, 0.05) is 37.8 Å². The molecule has 0 fully saturated rings. The predicted octanol–water partition coefficient (Wildman–Crippen LogP) is 1.87. The first kappa shape index (κ1) is 19.0. The van der Waals surface area contributed by atoms with Crippen LogP contribution in [0.3, 0.4) is 0 Å². The Morgan fingerprint density at radius 3 is 2.12 bits per heavy atom. The van der Waals surface area contributed by atoms with Gasteiger partial charge in [0.15, 0.2) is 0 Å². The van der Waals surface area contributed by atoms with Gasteiger partial charge in [0.05, 0.1) is 0 Å². The molecule has 7 heteroatoms. The molecule has 2 rings (SSSR count). The van der Waals surface area contributed by atoms with E-state index in [2.05, 4.69) is 21.3 Å². The van der Waals surface area contributed by atoms with Crippen molar-refractivity contribution in [2.45, 2.75) is 13.5 Å². The smallest absolute Gasteiger partial charge is 0.315 e. The van der Waals surface area contributed by atoms with Gasteiger partial charge in [-0.25, -0.2) is 4.79 Å². The van der Waals surface area contributed by atoms with Crippen LogP contribution in [0.2, 0.25) is 0 Å². The fourth-order valence-corrected chi connectivity index (χ4v) is 2.20. The average molecular weight is 354 g/mol. The summed E-state index contributed by atoms with van der Waals surface area (Å²) in [7, 11) is 0. The quantitative estimate of drug-likeness (QED) is 0.571. The predicted molar refractivity (Wildman–Crippen MR) is 99.8 cm³/mol. The van der Waals surface area contributed by atoms with Crippen molar-refractivity contribution in [3.8, 4) is 0 Å². The molecule has 0 aliphatic heterocycles. The van der Waals surface area contributed by atoms with E-state index in [1.54, 1.807) is 24.3 Å². The minimum absolute atomic E-state index is 0.168. The van der Waals surface area contributed by atoms with Gasteiger partial charge in [-0.2, -0.15) is 0 Å². The Morgan fingerprint density at radius 2 is 1.46 bits per heavy atom. The molecule has 7 nitrogen and oxygen atoms in total. The highest BCUT2D eigenvalue weighted by Crippen LogP contribution is 2.09. The molecule has 0 unspecified atom stereocenters. The number of amides is 4. The van der Waals surface area contributed by atoms with Gasteiger partial charge in [-0.1, -0.05) is 30.3 Å². The van der Waals surface area contributed by atoms with E-state index in [9.17, 15) is 14.4 Å². The second kappa shape index (κ2) is 9.83. The lowest BCUT2D eigenvalue weighted by molar-refractivity contribution is -0.114. The molecule has 2 aromatic rings. The topological polar surface area (TPSA) is 99.3 Å². The molecule has 2 aromatic carbocycles. The summed E-state index contributed by atoms with van der Waals surface area (Å²) in [5, 5.41) is 10.8. The fraction of sp³-hybridized carbons (Fsp3) is 0.211. The molecular weight excluding hydrogens is 332 g/mol. The van der Waals surface area contributed by atoms with Gasteiger partial charge in [0.1, 0.15) is 0 Å². The van der Waals surface area contributed by atoms with Crippen LogP contribution in [0, 0.1) is 0 Å². The molecule has 0 aromatic heterocycles. The third kappa shape index (κ3) is 6.64. The van der Waals surface area contributed by atoms with Crippen molar-refractivity contribution in [3.05, 3.63) is 65.7 Å². The van der Waals surface area contributed by atoms with Gasteiger partial charge >= 0.3 is 6.03 Å². The Bertz CT molecular complexity index is 745. The SMILES string of the molecule is CC(=O)Nc1ccc(C(=O)NCCNC(=O)NCc2ccccc2)cc1. The lowest BCUT2D eigenvalue weighted by Gasteiger charge is -2.09. The number of urea groups is 1. The first-order valence-electron chi connectivity index (χ1n) is 8.26. The lowest BCUT2D eigenvalue weighted by Crippen LogP contribution is -2.40. The summed E-state index contributed by atoms with van der Waals surface area (Å²) in [6.45, 7) is 2.49. The van der Waals surface area contributed by atoms with Crippen molar-refractivity contribution < 1.29 is 14.4 Å². The van der Waals surface area contributed by atoms with Gasteiger partial charge in [-0.15, -0.1) is 0 Å². The molecule has 0 radical (unpaired) electrons. The van der Waals surface area contributed by atoms with Crippen LogP contribution < -0.4 is 21.3 Å². The summed E-state index contributed by atoms with van der Waals surface area (Å²) in [4.78, 5) is 34.7. The summed E-state index contributed by atoms with van der Waals surface area (Å²) in [5.41, 5.74) is 2.12. The fourth-order valence-electron chi connectivity index (χ4n) is 2.20. The highest BCUT2D eigenvalue weighted by molar-refractivity contribution is 5.95. The van der Waals surface area contributed by atoms with Gasteiger partial charge in [-0.05, 0) is 29.8 Å². The van der Waals surface area contributed by atoms with Crippen molar-refractivity contribution in [2.75, 3.05) is 18.4 Å². The highest BCUT2D eigenvalue weighted by atomic mass is 16.2. The molecule has 136 valence electrons. The van der Waals surface area contributed by atoms with E-state index in [0.29, 0.717) is 30.9 Å². The third-order valence-electron chi connectivity index (χ3n) is 3.46. The maximum atomic E-state index is 12.0. The van der Waals surface area contributed by atoms with E-state index in [0.717, 1.165) is 5.56 Å². The number of hydrogen-bond donors (Lipinski definition) is 4. The van der Waals surface area contributed by atoms with Crippen molar-refractivity contribution in [3.63, 3.8) is 0 Å². The van der Waals surface area contributed by atoms with Crippen molar-refractivity contribution >= 4 is 23.5 Å². The Morgan fingerprint density at radius 1 is 0.808 bits per heavy atom. The van der Waals surface area contributed by atoms with Crippen LogP contribution in [0.25, 0.3) is 0 Å². The van der Waals surface area contributed by atoms with E-state index in [4.69, 9.17) is 0 Å². The molecule has 4 amide bonds. The Kier molecular flexibility index (Phi) is 7.17. The molecule has 0 saturated carbocycles. The number of hydrogen-bond acceptors (Lipinski definition) is 3. The maximum Gasteiger partial charge on any atom is 0.315 e. The highest BCUT2D eigenvalue weighted by Gasteiger charge is 2.06. The Labute approximate surface area is 152 Å². The summed E-state index contributed by atoms with van der Waals surface area (Å²) < 4.78 is 0. The van der Waals surface area contributed by atoms with E-state index < -0.39 is 0 Å². The van der Waals surface area contributed by atoms with Gasteiger partial charge in [-0.3, -0.25) is 9.59 Å². The molecule has 0 spiro atoms. The van der Waals surface area contributed by atoms with Gasteiger partial charge in [0.25, 0.3) is 5.91 Å². The molecule has 0 atom stereocenters. The van der Waals surface area contributed by atoms with E-state index in [1.807, 2.05) is 30.3 Å². The van der Waals surface area contributed by atoms with Crippen LogP contribution in [-0.4, -0.2) is 30.9 Å². The molecule has 4 N–H and O–H groups in total. The van der Waals surface area contributed by atoms with Crippen LogP contribution >= 0.6 is 0 Å². The number of nitrogens with one attached hydrogen (secondary N) is 4. The number of anilines is 1. The second-order valence-corrected chi connectivity index (χ2v) is 5.61. The van der Waals surface area contributed by atoms with E-state index >= 15 is 0 Å². The summed E-state index contributed by atoms with van der Waals surface area (Å²) in [6, 6.07) is 15.9. The normalized spacial score (nSPS) is 9.88. The van der Waals surface area contributed by atoms with Crippen LogP contribution in [0.5, 0.6) is 0 Å². The van der Waals surface area contributed by atoms with Crippen molar-refractivity contribution in [1.29, 1.82) is 0 Å². The largest absolute Gasteiger partial charge is 0.350 e. The summed E-state index contributed by atoms with van der Waals surface area (Å²) in [5.74, 6) is -0.412. The van der Waals surface area contributed by atoms with Gasteiger partial charge in [0.2, 0.25) is 5.91 Å². The van der Waals surface area contributed by atoms with Crippen LogP contribution in [0.1, 0.15) is 22.8 Å². The molecule has 26 heavy (non-hydrogen) atoms. The number of benzene rings is 2. The zero-order valence-electron chi connectivity index (χ0n) is 14.5. The maximum absolute atomic E-state index is 12.0. The van der Waals surface area contributed by atoms with Crippen LogP contribution in [-0.2, 0) is 11.3 Å². The number of carbonyl (C=O) groups excluding carboxylic acids is 3. The summed E-state index contributed by atoms with van der Waals surface area (Å²) in [6.07, 6.45) is 0. The lowest BCUT2D eigenvalue weighted by atomic mass is 10.2. The van der Waals surface area contributed by atoms with Crippen molar-refractivity contribution in [2.24, 2.45) is 0 Å².